The minimum atomic E-state index is -0.337. The lowest BCUT2D eigenvalue weighted by molar-refractivity contribution is 0.0417. The topological polar surface area (TPSA) is 104 Å². The fraction of sp³-hybridized carbons (Fsp3) is 0.409. The average molecular weight is 412 g/mol. The van der Waals surface area contributed by atoms with Crippen molar-refractivity contribution in [2.45, 2.75) is 26.0 Å². The number of benzene rings is 1. The zero-order valence-corrected chi connectivity index (χ0v) is 17.5. The minimum Gasteiger partial charge on any atom is -0.486 e. The van der Waals surface area contributed by atoms with E-state index in [4.69, 9.17) is 4.74 Å². The van der Waals surface area contributed by atoms with Crippen molar-refractivity contribution in [3.8, 4) is 5.75 Å². The number of pyridine rings is 1. The Labute approximate surface area is 176 Å². The summed E-state index contributed by atoms with van der Waals surface area (Å²) in [6, 6.07) is 8.00. The van der Waals surface area contributed by atoms with Gasteiger partial charge in [0.2, 0.25) is 0 Å². The number of para-hydroxylation sites is 1. The molecule has 0 saturated heterocycles. The maximum atomic E-state index is 13.3. The standard InChI is InChI=1S/C22H28N4O4/c1-14-12-26(15(2)13-27)22(29)17-5-4-6-18(20(17)30-19(14)11-23-3)25-21(28)16-7-9-24-10-8-16/h4-10,14-15,19,23,27H,11-13H2,1-3H3,(H,25,28). The van der Waals surface area contributed by atoms with Crippen LogP contribution in [0.4, 0.5) is 5.69 Å². The van der Waals surface area contributed by atoms with Crippen molar-refractivity contribution in [2.24, 2.45) is 5.92 Å². The summed E-state index contributed by atoms with van der Waals surface area (Å²) in [7, 11) is 1.84. The Morgan fingerprint density at radius 2 is 2.07 bits per heavy atom. The molecule has 1 aromatic carbocycles. The lowest BCUT2D eigenvalue weighted by Gasteiger charge is -2.37. The molecule has 3 N–H and O–H groups in total. The van der Waals surface area contributed by atoms with Crippen molar-refractivity contribution < 1.29 is 19.4 Å². The monoisotopic (exact) mass is 412 g/mol. The van der Waals surface area contributed by atoms with Crippen molar-refractivity contribution in [3.05, 3.63) is 53.9 Å². The van der Waals surface area contributed by atoms with E-state index in [2.05, 4.69) is 15.6 Å². The number of aromatic nitrogens is 1. The van der Waals surface area contributed by atoms with Crippen molar-refractivity contribution in [2.75, 3.05) is 32.1 Å². The Morgan fingerprint density at radius 3 is 2.73 bits per heavy atom. The van der Waals surface area contributed by atoms with Gasteiger partial charge in [-0.25, -0.2) is 0 Å². The second-order valence-corrected chi connectivity index (χ2v) is 7.55. The molecule has 3 atom stereocenters. The van der Waals surface area contributed by atoms with E-state index in [0.29, 0.717) is 35.7 Å². The molecule has 30 heavy (non-hydrogen) atoms. The number of carbonyl (C=O) groups is 2. The quantitative estimate of drug-likeness (QED) is 0.668. The number of fused-ring (bicyclic) bond motifs is 1. The molecule has 8 nitrogen and oxygen atoms in total. The number of hydrogen-bond acceptors (Lipinski definition) is 6. The third-order valence-electron chi connectivity index (χ3n) is 5.29. The van der Waals surface area contributed by atoms with E-state index < -0.39 is 0 Å². The van der Waals surface area contributed by atoms with Crippen LogP contribution in [0.2, 0.25) is 0 Å². The molecule has 0 aliphatic carbocycles. The fourth-order valence-electron chi connectivity index (χ4n) is 3.48. The number of ether oxygens (including phenoxy) is 1. The first-order valence-electron chi connectivity index (χ1n) is 10.0. The van der Waals surface area contributed by atoms with E-state index in [1.165, 1.54) is 0 Å². The number of nitrogens with zero attached hydrogens (tertiary/aromatic N) is 2. The molecule has 3 rings (SSSR count). The van der Waals surface area contributed by atoms with Crippen LogP contribution in [0.5, 0.6) is 5.75 Å². The zero-order valence-electron chi connectivity index (χ0n) is 17.5. The second-order valence-electron chi connectivity index (χ2n) is 7.55. The highest BCUT2D eigenvalue weighted by Crippen LogP contribution is 2.34. The molecule has 2 amide bonds. The summed E-state index contributed by atoms with van der Waals surface area (Å²) in [4.78, 5) is 31.6. The maximum absolute atomic E-state index is 13.3. The van der Waals surface area contributed by atoms with E-state index in [-0.39, 0.29) is 36.5 Å². The lowest BCUT2D eigenvalue weighted by Crippen LogP contribution is -2.49. The van der Waals surface area contributed by atoms with Crippen LogP contribution in [-0.4, -0.2) is 65.7 Å². The second kappa shape index (κ2) is 9.69. The van der Waals surface area contributed by atoms with Gasteiger partial charge in [-0.3, -0.25) is 14.6 Å². The molecule has 0 bridgehead atoms. The number of nitrogens with one attached hydrogen (secondary N) is 2. The summed E-state index contributed by atoms with van der Waals surface area (Å²) < 4.78 is 6.29. The van der Waals surface area contributed by atoms with Crippen LogP contribution in [0.3, 0.4) is 0 Å². The number of rotatable bonds is 6. The highest BCUT2D eigenvalue weighted by molar-refractivity contribution is 6.07. The summed E-state index contributed by atoms with van der Waals surface area (Å²) in [6.07, 6.45) is 2.86. The number of carbonyl (C=O) groups excluding carboxylic acids is 2. The van der Waals surface area contributed by atoms with Gasteiger partial charge in [-0.1, -0.05) is 13.0 Å². The number of aliphatic hydroxyl groups is 1. The molecule has 3 unspecified atom stereocenters. The van der Waals surface area contributed by atoms with Gasteiger partial charge >= 0.3 is 0 Å². The first-order valence-corrected chi connectivity index (χ1v) is 10.0. The Morgan fingerprint density at radius 1 is 1.33 bits per heavy atom. The van der Waals surface area contributed by atoms with Crippen molar-refractivity contribution >= 4 is 17.5 Å². The van der Waals surface area contributed by atoms with E-state index in [1.807, 2.05) is 20.9 Å². The van der Waals surface area contributed by atoms with E-state index in [0.717, 1.165) is 0 Å². The molecule has 2 aromatic rings. The average Bonchev–Trinajstić information content (AvgIpc) is 2.76. The molecule has 0 spiro atoms. The molecule has 1 aromatic heterocycles. The molecule has 1 aliphatic rings. The molecular formula is C22H28N4O4. The Hall–Kier alpha value is -2.97. The Bertz CT molecular complexity index is 890. The minimum absolute atomic E-state index is 0.00695. The van der Waals surface area contributed by atoms with Crippen LogP contribution in [0.25, 0.3) is 0 Å². The van der Waals surface area contributed by atoms with Gasteiger partial charge < -0.3 is 25.4 Å². The van der Waals surface area contributed by atoms with E-state index >= 15 is 0 Å². The van der Waals surface area contributed by atoms with E-state index in [1.54, 1.807) is 47.6 Å². The highest BCUT2D eigenvalue weighted by Gasteiger charge is 2.33. The van der Waals surface area contributed by atoms with Gasteiger partial charge in [0, 0.05) is 37.0 Å². The molecule has 160 valence electrons. The van der Waals surface area contributed by atoms with Crippen molar-refractivity contribution in [3.63, 3.8) is 0 Å². The molecule has 1 aliphatic heterocycles. The number of likely N-dealkylation sites (N-methyl/N-ethyl adjacent to an activating group) is 1. The van der Waals surface area contributed by atoms with Gasteiger partial charge in [-0.05, 0) is 38.2 Å². The summed E-state index contributed by atoms with van der Waals surface area (Å²) in [5.74, 6) is -0.205. The maximum Gasteiger partial charge on any atom is 0.258 e. The number of amides is 2. The SMILES string of the molecule is CNCC1Oc2c(NC(=O)c3ccncc3)cccc2C(=O)N(C(C)CO)CC1C. The van der Waals surface area contributed by atoms with Crippen molar-refractivity contribution in [1.82, 2.24) is 15.2 Å². The van der Waals surface area contributed by atoms with Crippen LogP contribution < -0.4 is 15.4 Å². The molecule has 2 heterocycles. The third-order valence-corrected chi connectivity index (χ3v) is 5.29. The number of anilines is 1. The molecular weight excluding hydrogens is 384 g/mol. The fourth-order valence-corrected chi connectivity index (χ4v) is 3.48. The van der Waals surface area contributed by atoms with Gasteiger partial charge in [-0.2, -0.15) is 0 Å². The van der Waals surface area contributed by atoms with Gasteiger partial charge in [-0.15, -0.1) is 0 Å². The molecule has 8 heteroatoms. The molecule has 0 radical (unpaired) electrons. The predicted molar refractivity (Wildman–Crippen MR) is 114 cm³/mol. The Kier molecular flexibility index (Phi) is 7.02. The summed E-state index contributed by atoms with van der Waals surface area (Å²) in [6.45, 7) is 4.72. The van der Waals surface area contributed by atoms with Crippen LogP contribution >= 0.6 is 0 Å². The largest absolute Gasteiger partial charge is 0.486 e. The van der Waals surface area contributed by atoms with Crippen LogP contribution in [0, 0.1) is 5.92 Å². The van der Waals surface area contributed by atoms with Gasteiger partial charge in [0.1, 0.15) is 6.10 Å². The van der Waals surface area contributed by atoms with Gasteiger partial charge in [0.15, 0.2) is 5.75 Å². The van der Waals surface area contributed by atoms with Crippen LogP contribution in [-0.2, 0) is 0 Å². The van der Waals surface area contributed by atoms with Crippen LogP contribution in [0.1, 0.15) is 34.6 Å². The smallest absolute Gasteiger partial charge is 0.258 e. The Balaban J connectivity index is 2.03. The molecule has 0 fully saturated rings. The zero-order chi connectivity index (χ0) is 21.7. The third kappa shape index (κ3) is 4.60. The highest BCUT2D eigenvalue weighted by atomic mass is 16.5. The number of aliphatic hydroxyl groups excluding tert-OH is 1. The first-order chi connectivity index (χ1) is 14.5. The predicted octanol–water partition coefficient (Wildman–Crippen LogP) is 1.77. The summed E-state index contributed by atoms with van der Waals surface area (Å²) in [5.41, 5.74) is 1.24. The van der Waals surface area contributed by atoms with Crippen molar-refractivity contribution in [1.29, 1.82) is 0 Å². The summed E-state index contributed by atoms with van der Waals surface area (Å²) >= 11 is 0. The molecule has 0 saturated carbocycles. The van der Waals surface area contributed by atoms with E-state index in [9.17, 15) is 14.7 Å². The number of hydrogen-bond donors (Lipinski definition) is 3. The van der Waals surface area contributed by atoms with Crippen LogP contribution in [0.15, 0.2) is 42.7 Å². The van der Waals surface area contributed by atoms with Gasteiger partial charge in [0.05, 0.1) is 23.9 Å². The lowest BCUT2D eigenvalue weighted by atomic mass is 9.99. The normalized spacial score (nSPS) is 19.9. The summed E-state index contributed by atoms with van der Waals surface area (Å²) in [5, 5.41) is 15.7. The first kappa shape index (κ1) is 21.7. The van der Waals surface area contributed by atoms with Gasteiger partial charge in [0.25, 0.3) is 11.8 Å².